The molecular weight excluding hydrogens is 370 g/mol. The molecule has 0 unspecified atom stereocenters. The second-order valence-electron chi connectivity index (χ2n) is 6.86. The van der Waals surface area contributed by atoms with E-state index in [4.69, 9.17) is 14.7 Å². The van der Waals surface area contributed by atoms with Crippen molar-refractivity contribution in [3.8, 4) is 29.0 Å². The van der Waals surface area contributed by atoms with E-state index >= 15 is 0 Å². The van der Waals surface area contributed by atoms with Gasteiger partial charge in [0.25, 0.3) is 0 Å². The van der Waals surface area contributed by atoms with Gasteiger partial charge in [-0.1, -0.05) is 0 Å². The van der Waals surface area contributed by atoms with Crippen molar-refractivity contribution in [3.05, 3.63) is 35.9 Å². The number of anilines is 2. The van der Waals surface area contributed by atoms with Crippen LogP contribution in [0.1, 0.15) is 37.1 Å². The Bertz CT molecular complexity index is 1030. The van der Waals surface area contributed by atoms with Gasteiger partial charge in [-0.25, -0.2) is 15.0 Å². The molecule has 1 aliphatic rings. The number of H-pyrrole nitrogens is 1. The van der Waals surface area contributed by atoms with Crippen molar-refractivity contribution in [3.63, 3.8) is 0 Å². The molecule has 0 bridgehead atoms. The smallest absolute Gasteiger partial charge is 0.227 e. The van der Waals surface area contributed by atoms with E-state index in [2.05, 4.69) is 30.5 Å². The van der Waals surface area contributed by atoms with Crippen LogP contribution in [0.3, 0.4) is 0 Å². The standard InChI is InChI=1S/C20H21N7O2/c1-12-7-16(28-2)19(20(24-12)29-14-5-3-4-6-14)15-8-17(27-26-15)25-18-11-22-13(9-21)10-23-18/h7-8,10-11,14H,3-6H2,1-2H3,(H2,23,25,26,27). The van der Waals surface area contributed by atoms with Gasteiger partial charge in [-0.2, -0.15) is 10.4 Å². The Morgan fingerprint density at radius 3 is 2.69 bits per heavy atom. The van der Waals surface area contributed by atoms with E-state index in [1.165, 1.54) is 25.2 Å². The lowest BCUT2D eigenvalue weighted by Crippen LogP contribution is -2.13. The molecule has 29 heavy (non-hydrogen) atoms. The van der Waals surface area contributed by atoms with Crippen LogP contribution in [-0.4, -0.2) is 38.4 Å². The number of nitrogens with one attached hydrogen (secondary N) is 2. The molecule has 1 fully saturated rings. The summed E-state index contributed by atoms with van der Waals surface area (Å²) in [4.78, 5) is 12.7. The SMILES string of the molecule is COc1cc(C)nc(OC2CCCC2)c1-c1cc(Nc2cnc(C#N)cn2)n[nH]1. The third-order valence-corrected chi connectivity index (χ3v) is 4.75. The van der Waals surface area contributed by atoms with Gasteiger partial charge >= 0.3 is 0 Å². The maximum atomic E-state index is 8.82. The number of hydrogen-bond donors (Lipinski definition) is 2. The molecule has 0 radical (unpaired) electrons. The minimum atomic E-state index is 0.169. The fourth-order valence-electron chi connectivity index (χ4n) is 3.37. The molecule has 4 rings (SSSR count). The zero-order valence-corrected chi connectivity index (χ0v) is 16.3. The molecule has 3 aromatic heterocycles. The summed E-state index contributed by atoms with van der Waals surface area (Å²) in [5.74, 6) is 2.24. The average Bonchev–Trinajstić information content (AvgIpc) is 3.40. The molecular formula is C20H21N7O2. The van der Waals surface area contributed by atoms with Crippen molar-refractivity contribution in [1.82, 2.24) is 25.1 Å². The molecule has 148 valence electrons. The molecule has 0 aromatic carbocycles. The Hall–Kier alpha value is -3.67. The molecule has 1 aliphatic carbocycles. The van der Waals surface area contributed by atoms with Crippen LogP contribution in [-0.2, 0) is 0 Å². The van der Waals surface area contributed by atoms with Crippen LogP contribution in [0.15, 0.2) is 24.5 Å². The third-order valence-electron chi connectivity index (χ3n) is 4.75. The molecule has 3 aromatic rings. The molecule has 0 amide bonds. The first-order valence-corrected chi connectivity index (χ1v) is 9.43. The minimum Gasteiger partial charge on any atom is -0.496 e. The van der Waals surface area contributed by atoms with Crippen LogP contribution < -0.4 is 14.8 Å². The van der Waals surface area contributed by atoms with Gasteiger partial charge in [-0.05, 0) is 32.6 Å². The number of ether oxygens (including phenoxy) is 2. The largest absolute Gasteiger partial charge is 0.496 e. The molecule has 1 saturated carbocycles. The number of aromatic nitrogens is 5. The summed E-state index contributed by atoms with van der Waals surface area (Å²) < 4.78 is 11.8. The monoisotopic (exact) mass is 391 g/mol. The summed E-state index contributed by atoms with van der Waals surface area (Å²) in [5.41, 5.74) is 2.52. The maximum Gasteiger partial charge on any atom is 0.227 e. The number of pyridine rings is 1. The number of nitrogens with zero attached hydrogens (tertiary/aromatic N) is 5. The molecule has 2 N–H and O–H groups in total. The van der Waals surface area contributed by atoms with Crippen LogP contribution in [0.4, 0.5) is 11.6 Å². The Morgan fingerprint density at radius 1 is 1.17 bits per heavy atom. The summed E-state index contributed by atoms with van der Waals surface area (Å²) in [6.45, 7) is 1.91. The van der Waals surface area contributed by atoms with Crippen LogP contribution in [0.25, 0.3) is 11.3 Å². The van der Waals surface area contributed by atoms with Gasteiger partial charge in [0, 0.05) is 17.8 Å². The number of methoxy groups -OCH3 is 1. The third kappa shape index (κ3) is 4.11. The lowest BCUT2D eigenvalue weighted by Gasteiger charge is -2.17. The normalized spacial score (nSPS) is 13.8. The van der Waals surface area contributed by atoms with Crippen LogP contribution >= 0.6 is 0 Å². The summed E-state index contributed by atoms with van der Waals surface area (Å²) in [6, 6.07) is 5.64. The lowest BCUT2D eigenvalue weighted by atomic mass is 10.1. The molecule has 9 heteroatoms. The minimum absolute atomic E-state index is 0.169. The Morgan fingerprint density at radius 2 is 2.00 bits per heavy atom. The molecule has 0 saturated heterocycles. The predicted molar refractivity (Wildman–Crippen MR) is 106 cm³/mol. The fourth-order valence-corrected chi connectivity index (χ4v) is 3.37. The highest BCUT2D eigenvalue weighted by Crippen LogP contribution is 2.39. The average molecular weight is 391 g/mol. The summed E-state index contributed by atoms with van der Waals surface area (Å²) >= 11 is 0. The summed E-state index contributed by atoms with van der Waals surface area (Å²) in [6.07, 6.45) is 7.46. The molecule has 0 atom stereocenters. The number of aryl methyl sites for hydroxylation is 1. The van der Waals surface area contributed by atoms with Gasteiger partial charge < -0.3 is 14.8 Å². The Labute approximate surface area is 168 Å². The Balaban J connectivity index is 1.64. The number of nitriles is 1. The van der Waals surface area contributed by atoms with Gasteiger partial charge in [0.2, 0.25) is 5.88 Å². The van der Waals surface area contributed by atoms with Crippen molar-refractivity contribution >= 4 is 11.6 Å². The van der Waals surface area contributed by atoms with Crippen LogP contribution in [0, 0.1) is 18.3 Å². The van der Waals surface area contributed by atoms with Crippen molar-refractivity contribution in [2.75, 3.05) is 12.4 Å². The van der Waals surface area contributed by atoms with Crippen molar-refractivity contribution in [2.45, 2.75) is 38.7 Å². The predicted octanol–water partition coefficient (Wildman–Crippen LogP) is 3.52. The maximum absolute atomic E-state index is 8.82. The van der Waals surface area contributed by atoms with Gasteiger partial charge in [-0.15, -0.1) is 0 Å². The van der Waals surface area contributed by atoms with E-state index < -0.39 is 0 Å². The van der Waals surface area contributed by atoms with Crippen LogP contribution in [0.5, 0.6) is 11.6 Å². The molecule has 9 nitrogen and oxygen atoms in total. The van der Waals surface area contributed by atoms with E-state index in [0.29, 0.717) is 29.0 Å². The van der Waals surface area contributed by atoms with Crippen LogP contribution in [0.2, 0.25) is 0 Å². The summed E-state index contributed by atoms with van der Waals surface area (Å²) in [7, 11) is 1.62. The van der Waals surface area contributed by atoms with Gasteiger partial charge in [-0.3, -0.25) is 5.10 Å². The van der Waals surface area contributed by atoms with E-state index in [1.54, 1.807) is 7.11 Å². The quantitative estimate of drug-likeness (QED) is 0.654. The van der Waals surface area contributed by atoms with Gasteiger partial charge in [0.1, 0.15) is 29.3 Å². The van der Waals surface area contributed by atoms with E-state index in [9.17, 15) is 0 Å². The first-order chi connectivity index (χ1) is 14.2. The second kappa shape index (κ2) is 8.14. The number of aromatic amines is 1. The zero-order valence-electron chi connectivity index (χ0n) is 16.3. The highest BCUT2D eigenvalue weighted by Gasteiger charge is 2.23. The van der Waals surface area contributed by atoms with Gasteiger partial charge in [0.15, 0.2) is 11.5 Å². The number of rotatable bonds is 6. The molecule has 3 heterocycles. The Kier molecular flexibility index (Phi) is 5.24. The van der Waals surface area contributed by atoms with E-state index in [0.717, 1.165) is 24.1 Å². The lowest BCUT2D eigenvalue weighted by molar-refractivity contribution is 0.201. The van der Waals surface area contributed by atoms with E-state index in [1.807, 2.05) is 25.1 Å². The topological polar surface area (TPSA) is 122 Å². The van der Waals surface area contributed by atoms with Crippen molar-refractivity contribution in [2.24, 2.45) is 0 Å². The molecule has 0 aliphatic heterocycles. The zero-order chi connectivity index (χ0) is 20.2. The van der Waals surface area contributed by atoms with E-state index in [-0.39, 0.29) is 11.8 Å². The fraction of sp³-hybridized carbons (Fsp3) is 0.350. The van der Waals surface area contributed by atoms with Gasteiger partial charge in [0.05, 0.1) is 25.2 Å². The molecule has 0 spiro atoms. The number of hydrogen-bond acceptors (Lipinski definition) is 8. The first-order valence-electron chi connectivity index (χ1n) is 9.43. The summed E-state index contributed by atoms with van der Waals surface area (Å²) in [5, 5.41) is 19.2. The first kappa shape index (κ1) is 18.7. The highest BCUT2D eigenvalue weighted by molar-refractivity contribution is 5.75. The van der Waals surface area contributed by atoms with Crippen molar-refractivity contribution in [1.29, 1.82) is 5.26 Å². The van der Waals surface area contributed by atoms with Crippen molar-refractivity contribution < 1.29 is 9.47 Å². The second-order valence-corrected chi connectivity index (χ2v) is 6.86. The highest BCUT2D eigenvalue weighted by atomic mass is 16.5.